The quantitative estimate of drug-likeness (QED) is 0.888. The van der Waals surface area contributed by atoms with Gasteiger partial charge in [0, 0.05) is 30.3 Å². The lowest BCUT2D eigenvalue weighted by molar-refractivity contribution is -0.137. The minimum absolute atomic E-state index is 0.0111. The Morgan fingerprint density at radius 1 is 1.38 bits per heavy atom. The summed E-state index contributed by atoms with van der Waals surface area (Å²) in [5.41, 5.74) is 4.66. The number of nitrogens with zero attached hydrogens (tertiary/aromatic N) is 2. The maximum Gasteiger partial charge on any atom is 0.419 e. The highest BCUT2D eigenvalue weighted by Gasteiger charge is 2.37. The Kier molecular flexibility index (Phi) is 5.45. The van der Waals surface area contributed by atoms with Gasteiger partial charge in [-0.25, -0.2) is 4.98 Å². The number of pyridine rings is 1. The van der Waals surface area contributed by atoms with Crippen molar-refractivity contribution in [2.45, 2.75) is 25.1 Å². The number of nitrogens with two attached hydrogens (primary N) is 1. The van der Waals surface area contributed by atoms with Crippen LogP contribution in [0.5, 0.6) is 0 Å². The average molecular weight is 368 g/mol. The Bertz CT molecular complexity index is 476. The predicted octanol–water partition coefficient (Wildman–Crippen LogP) is 2.81. The fraction of sp³-hybridized carbons (Fsp3) is 0.615. The maximum absolute atomic E-state index is 13.1. The molecule has 1 fully saturated rings. The molecule has 4 nitrogen and oxygen atoms in total. The summed E-state index contributed by atoms with van der Waals surface area (Å²) in [6, 6.07) is 1.07. The highest BCUT2D eigenvalue weighted by atomic mass is 79.9. The molecule has 2 heterocycles. The van der Waals surface area contributed by atoms with Crippen molar-refractivity contribution < 1.29 is 17.9 Å². The first-order valence-corrected chi connectivity index (χ1v) is 7.50. The second-order valence-corrected chi connectivity index (χ2v) is 5.78. The summed E-state index contributed by atoms with van der Waals surface area (Å²) in [5, 5.41) is 0. The van der Waals surface area contributed by atoms with Gasteiger partial charge in [-0.2, -0.15) is 13.2 Å². The molecule has 0 saturated carbocycles. The van der Waals surface area contributed by atoms with Gasteiger partial charge in [0.15, 0.2) is 0 Å². The van der Waals surface area contributed by atoms with E-state index >= 15 is 0 Å². The first kappa shape index (κ1) is 16.5. The van der Waals surface area contributed by atoms with Crippen molar-refractivity contribution >= 4 is 21.7 Å². The molecule has 2 N–H and O–H groups in total. The fourth-order valence-electron chi connectivity index (χ4n) is 2.36. The average Bonchev–Trinajstić information content (AvgIpc) is 2.45. The number of ether oxygens (including phenoxy) is 1. The molecule has 1 aliphatic heterocycles. The van der Waals surface area contributed by atoms with Crippen molar-refractivity contribution in [1.82, 2.24) is 4.98 Å². The number of piperidine rings is 1. The monoisotopic (exact) mass is 367 g/mol. The van der Waals surface area contributed by atoms with E-state index < -0.39 is 11.7 Å². The van der Waals surface area contributed by atoms with Crippen LogP contribution in [0.25, 0.3) is 0 Å². The van der Waals surface area contributed by atoms with Gasteiger partial charge in [-0.3, -0.25) is 0 Å². The molecule has 1 saturated heterocycles. The second-order valence-electron chi connectivity index (χ2n) is 4.87. The van der Waals surface area contributed by atoms with Crippen molar-refractivity contribution in [1.29, 1.82) is 0 Å². The lowest BCUT2D eigenvalue weighted by Gasteiger charge is -2.34. The van der Waals surface area contributed by atoms with E-state index in [-0.39, 0.29) is 11.9 Å². The number of halogens is 4. The summed E-state index contributed by atoms with van der Waals surface area (Å²) in [5.74, 6) is -0.0111. The molecule has 0 amide bonds. The van der Waals surface area contributed by atoms with E-state index in [1.165, 1.54) is 6.20 Å². The molecular formula is C13H17BrF3N3O. The Morgan fingerprint density at radius 3 is 2.62 bits per heavy atom. The topological polar surface area (TPSA) is 51.4 Å². The minimum atomic E-state index is -4.42. The molecule has 0 aromatic carbocycles. The molecule has 0 radical (unpaired) electrons. The summed E-state index contributed by atoms with van der Waals surface area (Å²) in [4.78, 5) is 5.62. The summed E-state index contributed by atoms with van der Waals surface area (Å²) in [7, 11) is 0. The van der Waals surface area contributed by atoms with Gasteiger partial charge in [0.25, 0.3) is 0 Å². The maximum atomic E-state index is 13.1. The van der Waals surface area contributed by atoms with E-state index in [1.807, 2.05) is 0 Å². The van der Waals surface area contributed by atoms with Crippen molar-refractivity contribution in [3.8, 4) is 0 Å². The van der Waals surface area contributed by atoms with Crippen molar-refractivity contribution in [2.24, 2.45) is 5.73 Å². The number of hydrogen-bond donors (Lipinski definition) is 1. The highest BCUT2D eigenvalue weighted by Crippen LogP contribution is 2.37. The molecule has 2 rings (SSSR count). The molecule has 1 aromatic heterocycles. The van der Waals surface area contributed by atoms with Crippen LogP contribution in [-0.4, -0.2) is 37.3 Å². The first-order chi connectivity index (χ1) is 9.91. The molecule has 8 heteroatoms. The van der Waals surface area contributed by atoms with Gasteiger partial charge in [0.2, 0.25) is 0 Å². The third-order valence-corrected chi connectivity index (χ3v) is 3.79. The van der Waals surface area contributed by atoms with Crippen LogP contribution in [0.3, 0.4) is 0 Å². The van der Waals surface area contributed by atoms with Gasteiger partial charge in [-0.05, 0) is 34.8 Å². The molecule has 0 unspecified atom stereocenters. The number of rotatable bonds is 4. The standard InChI is InChI=1S/C13H17BrF3N3O/c14-9-7-11(13(15,16)17)12(19-8-9)20-4-1-10(2-5-20)21-6-3-18/h7-8,10H,1-6,18H2. The van der Waals surface area contributed by atoms with Crippen molar-refractivity contribution in [3.63, 3.8) is 0 Å². The molecule has 0 atom stereocenters. The lowest BCUT2D eigenvalue weighted by atomic mass is 10.1. The zero-order valence-electron chi connectivity index (χ0n) is 11.4. The van der Waals surface area contributed by atoms with E-state index in [1.54, 1.807) is 4.90 Å². The van der Waals surface area contributed by atoms with Gasteiger partial charge < -0.3 is 15.4 Å². The molecule has 0 bridgehead atoms. The Morgan fingerprint density at radius 2 is 2.05 bits per heavy atom. The van der Waals surface area contributed by atoms with Crippen LogP contribution < -0.4 is 10.6 Å². The van der Waals surface area contributed by atoms with E-state index in [4.69, 9.17) is 10.5 Å². The van der Waals surface area contributed by atoms with E-state index in [9.17, 15) is 13.2 Å². The third-order valence-electron chi connectivity index (χ3n) is 3.35. The number of alkyl halides is 3. The van der Waals surface area contributed by atoms with E-state index in [0.717, 1.165) is 6.07 Å². The summed E-state index contributed by atoms with van der Waals surface area (Å²) in [6.07, 6.45) is -1.61. The zero-order chi connectivity index (χ0) is 15.5. The number of hydrogen-bond acceptors (Lipinski definition) is 4. The molecule has 21 heavy (non-hydrogen) atoms. The van der Waals surface area contributed by atoms with Gasteiger partial charge in [-0.15, -0.1) is 0 Å². The minimum Gasteiger partial charge on any atom is -0.377 e. The predicted molar refractivity (Wildman–Crippen MR) is 77.2 cm³/mol. The van der Waals surface area contributed by atoms with E-state index in [0.29, 0.717) is 43.6 Å². The zero-order valence-corrected chi connectivity index (χ0v) is 13.0. The Labute approximate surface area is 129 Å². The third kappa shape index (κ3) is 4.31. The molecule has 0 aliphatic carbocycles. The van der Waals surface area contributed by atoms with E-state index in [2.05, 4.69) is 20.9 Å². The molecular weight excluding hydrogens is 351 g/mol. The number of anilines is 1. The van der Waals surface area contributed by atoms with Crippen LogP contribution in [0.4, 0.5) is 19.0 Å². The summed E-state index contributed by atoms with van der Waals surface area (Å²) < 4.78 is 45.2. The lowest BCUT2D eigenvalue weighted by Crippen LogP contribution is -2.39. The van der Waals surface area contributed by atoms with Crippen LogP contribution in [0.15, 0.2) is 16.7 Å². The second kappa shape index (κ2) is 6.93. The van der Waals surface area contributed by atoms with Gasteiger partial charge in [0.05, 0.1) is 18.3 Å². The summed E-state index contributed by atoms with van der Waals surface area (Å²) in [6.45, 7) is 1.92. The van der Waals surface area contributed by atoms with Gasteiger partial charge in [-0.1, -0.05) is 0 Å². The van der Waals surface area contributed by atoms with Crippen LogP contribution in [0, 0.1) is 0 Å². The molecule has 1 aromatic rings. The van der Waals surface area contributed by atoms with Crippen molar-refractivity contribution in [3.05, 3.63) is 22.3 Å². The van der Waals surface area contributed by atoms with Crippen LogP contribution in [-0.2, 0) is 10.9 Å². The SMILES string of the molecule is NCCOC1CCN(c2ncc(Br)cc2C(F)(F)F)CC1. The van der Waals surface area contributed by atoms with Gasteiger partial charge in [0.1, 0.15) is 5.82 Å². The molecule has 118 valence electrons. The number of aromatic nitrogens is 1. The fourth-order valence-corrected chi connectivity index (χ4v) is 2.69. The smallest absolute Gasteiger partial charge is 0.377 e. The van der Waals surface area contributed by atoms with Gasteiger partial charge >= 0.3 is 6.18 Å². The Hall–Kier alpha value is -0.860. The normalized spacial score (nSPS) is 17.3. The van der Waals surface area contributed by atoms with Crippen LogP contribution in [0.2, 0.25) is 0 Å². The highest BCUT2D eigenvalue weighted by molar-refractivity contribution is 9.10. The van der Waals surface area contributed by atoms with Crippen LogP contribution in [0.1, 0.15) is 18.4 Å². The molecule has 0 spiro atoms. The molecule has 1 aliphatic rings. The van der Waals surface area contributed by atoms with Crippen molar-refractivity contribution in [2.75, 3.05) is 31.1 Å². The van der Waals surface area contributed by atoms with Crippen LogP contribution >= 0.6 is 15.9 Å². The first-order valence-electron chi connectivity index (χ1n) is 6.71. The summed E-state index contributed by atoms with van der Waals surface area (Å²) >= 11 is 3.04. The largest absolute Gasteiger partial charge is 0.419 e. The Balaban J connectivity index is 2.10.